The largest absolute Gasteiger partial charge is 0.292 e. The van der Waals surface area contributed by atoms with Gasteiger partial charge in [0.15, 0.2) is 0 Å². The number of pyridine rings is 1. The van der Waals surface area contributed by atoms with Crippen molar-refractivity contribution in [1.82, 2.24) is 15.4 Å². The number of aromatic nitrogens is 1. The van der Waals surface area contributed by atoms with E-state index in [1.807, 2.05) is 0 Å². The lowest BCUT2D eigenvalue weighted by molar-refractivity contribution is 0.0350. The molecule has 0 aliphatic rings. The van der Waals surface area contributed by atoms with Crippen molar-refractivity contribution in [2.45, 2.75) is 26.3 Å². The average molecular weight is 402 g/mol. The average Bonchev–Trinajstić information content (AvgIpc) is 2.53. The van der Waals surface area contributed by atoms with E-state index in [1.165, 1.54) is 12.1 Å². The Hall–Kier alpha value is -2.25. The maximum absolute atomic E-state index is 13.8. The minimum atomic E-state index is -1.12. The molecule has 2 amide bonds. The first-order chi connectivity index (χ1) is 12.0. The van der Waals surface area contributed by atoms with Crippen LogP contribution in [0.4, 0.5) is 8.78 Å². The van der Waals surface area contributed by atoms with Crippen molar-refractivity contribution >= 4 is 35.0 Å². The van der Waals surface area contributed by atoms with Gasteiger partial charge in [0, 0.05) is 0 Å². The molecule has 2 rings (SSSR count). The highest BCUT2D eigenvalue weighted by molar-refractivity contribution is 6.34. The van der Waals surface area contributed by atoms with Gasteiger partial charge in [0.05, 0.1) is 10.6 Å². The van der Waals surface area contributed by atoms with Crippen LogP contribution in [0.15, 0.2) is 30.3 Å². The zero-order valence-electron chi connectivity index (χ0n) is 14.1. The SMILES string of the molecule is CC(C)(C)N(NC(=O)c1c(F)cccc1F)C(=O)c1nc(Cl)ccc1Cl. The lowest BCUT2D eigenvalue weighted by Gasteiger charge is -2.35. The monoisotopic (exact) mass is 401 g/mol. The van der Waals surface area contributed by atoms with Crippen molar-refractivity contribution in [3.63, 3.8) is 0 Å². The van der Waals surface area contributed by atoms with Crippen LogP contribution in [0, 0.1) is 11.6 Å². The molecule has 5 nitrogen and oxygen atoms in total. The van der Waals surface area contributed by atoms with Gasteiger partial charge in [-0.15, -0.1) is 0 Å². The van der Waals surface area contributed by atoms with E-state index >= 15 is 0 Å². The van der Waals surface area contributed by atoms with Gasteiger partial charge in [0.25, 0.3) is 11.8 Å². The number of carbonyl (C=O) groups excluding carboxylic acids is 2. The first-order valence-corrected chi connectivity index (χ1v) is 8.19. The van der Waals surface area contributed by atoms with Crippen LogP contribution >= 0.6 is 23.2 Å². The fraction of sp³-hybridized carbons (Fsp3) is 0.235. The third-order valence-corrected chi connectivity index (χ3v) is 3.81. The van der Waals surface area contributed by atoms with Crippen LogP contribution in [0.3, 0.4) is 0 Å². The van der Waals surface area contributed by atoms with Gasteiger partial charge in [-0.25, -0.2) is 18.8 Å². The minimum absolute atomic E-state index is 0.0139. The smallest absolute Gasteiger partial charge is 0.267 e. The Morgan fingerprint density at radius 2 is 1.65 bits per heavy atom. The predicted octanol–water partition coefficient (Wildman–Crippen LogP) is 4.25. The fourth-order valence-electron chi connectivity index (χ4n) is 2.07. The van der Waals surface area contributed by atoms with Crippen molar-refractivity contribution in [3.05, 3.63) is 63.4 Å². The molecule has 2 aromatic rings. The maximum atomic E-state index is 13.8. The lowest BCUT2D eigenvalue weighted by Crippen LogP contribution is -2.56. The molecular formula is C17H15Cl2F2N3O2. The molecule has 9 heteroatoms. The van der Waals surface area contributed by atoms with Crippen LogP contribution < -0.4 is 5.43 Å². The maximum Gasteiger partial charge on any atom is 0.292 e. The van der Waals surface area contributed by atoms with E-state index in [0.717, 1.165) is 23.2 Å². The van der Waals surface area contributed by atoms with Crippen LogP contribution in [-0.2, 0) is 0 Å². The molecular weight excluding hydrogens is 387 g/mol. The summed E-state index contributed by atoms with van der Waals surface area (Å²) in [5.41, 5.74) is 0.255. The van der Waals surface area contributed by atoms with Gasteiger partial charge in [-0.3, -0.25) is 15.0 Å². The molecule has 26 heavy (non-hydrogen) atoms. The van der Waals surface area contributed by atoms with Gasteiger partial charge < -0.3 is 0 Å². The summed E-state index contributed by atoms with van der Waals surface area (Å²) >= 11 is 11.8. The molecule has 0 fully saturated rings. The van der Waals surface area contributed by atoms with Crippen molar-refractivity contribution in [2.75, 3.05) is 0 Å². The summed E-state index contributed by atoms with van der Waals surface area (Å²) in [6.45, 7) is 4.84. The quantitative estimate of drug-likeness (QED) is 0.604. The molecule has 0 spiro atoms. The molecule has 0 radical (unpaired) electrons. The summed E-state index contributed by atoms with van der Waals surface area (Å²) < 4.78 is 27.7. The highest BCUT2D eigenvalue weighted by Crippen LogP contribution is 2.22. The summed E-state index contributed by atoms with van der Waals surface area (Å²) in [7, 11) is 0. The van der Waals surface area contributed by atoms with Crippen molar-refractivity contribution in [1.29, 1.82) is 0 Å². The number of benzene rings is 1. The number of hydrogen-bond acceptors (Lipinski definition) is 3. The summed E-state index contributed by atoms with van der Waals surface area (Å²) in [6.07, 6.45) is 0. The van der Waals surface area contributed by atoms with Crippen LogP contribution in [0.2, 0.25) is 10.2 Å². The molecule has 0 bridgehead atoms. The Labute approximate surface area is 158 Å². The fourth-order valence-corrected chi connectivity index (χ4v) is 2.40. The highest BCUT2D eigenvalue weighted by atomic mass is 35.5. The zero-order valence-corrected chi connectivity index (χ0v) is 15.6. The molecule has 138 valence electrons. The summed E-state index contributed by atoms with van der Waals surface area (Å²) in [4.78, 5) is 29.1. The Bertz CT molecular complexity index is 849. The number of rotatable bonds is 2. The molecule has 0 aliphatic heterocycles. The molecule has 0 saturated carbocycles. The van der Waals surface area contributed by atoms with E-state index in [9.17, 15) is 18.4 Å². The number of halogens is 4. The Morgan fingerprint density at radius 3 is 2.19 bits per heavy atom. The molecule has 0 saturated heterocycles. The van der Waals surface area contributed by atoms with Crippen molar-refractivity contribution < 1.29 is 18.4 Å². The number of carbonyl (C=O) groups is 2. The minimum Gasteiger partial charge on any atom is -0.267 e. The van der Waals surface area contributed by atoms with E-state index < -0.39 is 34.6 Å². The predicted molar refractivity (Wildman–Crippen MR) is 94.0 cm³/mol. The van der Waals surface area contributed by atoms with Crippen molar-refractivity contribution in [2.24, 2.45) is 0 Å². The first-order valence-electron chi connectivity index (χ1n) is 7.44. The third kappa shape index (κ3) is 4.28. The van der Waals surface area contributed by atoms with Crippen LogP contribution in [-0.4, -0.2) is 27.3 Å². The van der Waals surface area contributed by atoms with E-state index in [4.69, 9.17) is 23.2 Å². The number of hydrogen-bond donors (Lipinski definition) is 1. The van der Waals surface area contributed by atoms with E-state index in [1.54, 1.807) is 20.8 Å². The molecule has 0 aliphatic carbocycles. The first kappa shape index (κ1) is 20.1. The number of nitrogens with zero attached hydrogens (tertiary/aromatic N) is 2. The summed E-state index contributed by atoms with van der Waals surface area (Å²) in [5, 5.41) is 0.934. The Morgan fingerprint density at radius 1 is 1.08 bits per heavy atom. The normalized spacial score (nSPS) is 11.2. The number of amides is 2. The van der Waals surface area contributed by atoms with E-state index in [-0.39, 0.29) is 15.9 Å². The van der Waals surface area contributed by atoms with E-state index in [0.29, 0.717) is 0 Å². The van der Waals surface area contributed by atoms with Gasteiger partial charge in [-0.2, -0.15) is 0 Å². The lowest BCUT2D eigenvalue weighted by atomic mass is 10.1. The molecule has 0 unspecified atom stereocenters. The third-order valence-electron chi connectivity index (χ3n) is 3.29. The molecule has 1 aromatic heterocycles. The van der Waals surface area contributed by atoms with Crippen LogP contribution in [0.25, 0.3) is 0 Å². The number of hydrazine groups is 1. The second-order valence-corrected chi connectivity index (χ2v) is 7.11. The molecule has 1 heterocycles. The second-order valence-electron chi connectivity index (χ2n) is 6.31. The molecule has 0 atom stereocenters. The Kier molecular flexibility index (Phi) is 5.83. The van der Waals surface area contributed by atoms with Gasteiger partial charge in [0.1, 0.15) is 28.0 Å². The number of nitrogens with one attached hydrogen (secondary N) is 1. The summed E-state index contributed by atoms with van der Waals surface area (Å²) in [6, 6.07) is 5.79. The van der Waals surface area contributed by atoms with Gasteiger partial charge in [0.2, 0.25) is 0 Å². The van der Waals surface area contributed by atoms with Gasteiger partial charge in [-0.05, 0) is 45.0 Å². The van der Waals surface area contributed by atoms with E-state index in [2.05, 4.69) is 10.4 Å². The Balaban J connectivity index is 2.41. The van der Waals surface area contributed by atoms with Crippen molar-refractivity contribution in [3.8, 4) is 0 Å². The van der Waals surface area contributed by atoms with Crippen LogP contribution in [0.5, 0.6) is 0 Å². The second kappa shape index (κ2) is 7.55. The summed E-state index contributed by atoms with van der Waals surface area (Å²) in [5.74, 6) is -4.01. The highest BCUT2D eigenvalue weighted by Gasteiger charge is 2.33. The molecule has 1 N–H and O–H groups in total. The van der Waals surface area contributed by atoms with Gasteiger partial charge >= 0.3 is 0 Å². The standard InChI is InChI=1S/C17H15Cl2F2N3O2/c1-17(2,3)24(16(26)14-9(18)7-8-12(19)22-14)23-15(25)13-10(20)5-4-6-11(13)21/h4-8H,1-3H3,(H,23,25). The van der Waals surface area contributed by atoms with Crippen LogP contribution in [0.1, 0.15) is 41.6 Å². The zero-order chi connectivity index (χ0) is 19.6. The molecule has 1 aromatic carbocycles. The van der Waals surface area contributed by atoms with Gasteiger partial charge in [-0.1, -0.05) is 29.3 Å². The topological polar surface area (TPSA) is 62.3 Å².